The van der Waals surface area contributed by atoms with E-state index in [1.54, 1.807) is 18.6 Å². The molecule has 4 N–H and O–H groups in total. The number of nitrogens with one attached hydrogen (secondary N) is 2. The van der Waals surface area contributed by atoms with Gasteiger partial charge in [0, 0.05) is 12.4 Å². The number of nitrogens with two attached hydrogens (primary N) is 1. The number of fused-ring (bicyclic) bond motifs is 3. The van der Waals surface area contributed by atoms with Crippen LogP contribution < -0.4 is 11.4 Å². The predicted molar refractivity (Wildman–Crippen MR) is 47.7 cm³/mol. The number of nitrogens with zero attached hydrogens (tertiary/aromatic N) is 2. The van der Waals surface area contributed by atoms with E-state index in [4.69, 9.17) is 5.73 Å². The lowest BCUT2D eigenvalue weighted by Gasteiger charge is -1.80. The minimum atomic E-state index is -0.126. The average molecular weight is 177 g/mol. The lowest BCUT2D eigenvalue weighted by Crippen LogP contribution is -2.11. The standard InChI is InChI=1S/C7H7N5O/c8-4-3-12-6(10-4)5-9-1-2-11(5)7(12)13/h1-3,9-10H,8H2. The van der Waals surface area contributed by atoms with E-state index in [0.717, 1.165) is 5.65 Å². The summed E-state index contributed by atoms with van der Waals surface area (Å²) in [6, 6.07) is 0. The van der Waals surface area contributed by atoms with Crippen molar-refractivity contribution in [1.82, 2.24) is 18.8 Å². The van der Waals surface area contributed by atoms with Crippen molar-refractivity contribution in [3.05, 3.63) is 29.1 Å². The Morgan fingerprint density at radius 2 is 2.15 bits per heavy atom. The number of hydrogen-bond donors (Lipinski definition) is 3. The molecule has 3 rings (SSSR count). The van der Waals surface area contributed by atoms with Crippen molar-refractivity contribution < 1.29 is 0 Å². The number of anilines is 1. The molecule has 0 spiro atoms. The molecular weight excluding hydrogens is 170 g/mol. The fourth-order valence-electron chi connectivity index (χ4n) is 1.55. The van der Waals surface area contributed by atoms with E-state index in [1.807, 2.05) is 0 Å². The maximum atomic E-state index is 11.6. The Kier molecular flexibility index (Phi) is 0.883. The van der Waals surface area contributed by atoms with Gasteiger partial charge in [-0.05, 0) is 0 Å². The van der Waals surface area contributed by atoms with E-state index in [0.29, 0.717) is 11.5 Å². The molecule has 0 atom stereocenters. The minimum absolute atomic E-state index is 0.126. The lowest BCUT2D eigenvalue weighted by molar-refractivity contribution is 1.01. The Bertz CT molecular complexity index is 637. The largest absolute Gasteiger partial charge is 0.384 e. The highest BCUT2D eigenvalue weighted by Crippen LogP contribution is 2.09. The van der Waals surface area contributed by atoms with Gasteiger partial charge in [0.25, 0.3) is 0 Å². The zero-order valence-corrected chi connectivity index (χ0v) is 6.61. The number of H-pyrrole nitrogens is 2. The average Bonchev–Trinajstić information content (AvgIpc) is 2.70. The van der Waals surface area contributed by atoms with Gasteiger partial charge in [0.1, 0.15) is 5.82 Å². The van der Waals surface area contributed by atoms with Gasteiger partial charge < -0.3 is 15.7 Å². The van der Waals surface area contributed by atoms with Crippen LogP contribution in [0, 0.1) is 0 Å². The monoisotopic (exact) mass is 177 g/mol. The SMILES string of the molecule is Nc1cn2c(=O)n3cc[nH]c3c2[nH]1. The van der Waals surface area contributed by atoms with Crippen molar-refractivity contribution in [3.8, 4) is 0 Å². The number of rotatable bonds is 0. The summed E-state index contributed by atoms with van der Waals surface area (Å²) in [7, 11) is 0. The number of nitrogen functional groups attached to an aromatic ring is 1. The van der Waals surface area contributed by atoms with Gasteiger partial charge in [-0.1, -0.05) is 0 Å². The van der Waals surface area contributed by atoms with E-state index < -0.39 is 0 Å². The Morgan fingerprint density at radius 3 is 3.00 bits per heavy atom. The van der Waals surface area contributed by atoms with Crippen LogP contribution in [0.2, 0.25) is 0 Å². The molecule has 0 amide bonds. The molecule has 13 heavy (non-hydrogen) atoms. The summed E-state index contributed by atoms with van der Waals surface area (Å²) in [4.78, 5) is 17.4. The third-order valence-corrected chi connectivity index (χ3v) is 2.09. The van der Waals surface area contributed by atoms with Crippen LogP contribution >= 0.6 is 0 Å². The molecule has 3 heterocycles. The summed E-state index contributed by atoms with van der Waals surface area (Å²) in [6.07, 6.45) is 4.95. The fourth-order valence-corrected chi connectivity index (χ4v) is 1.55. The van der Waals surface area contributed by atoms with Crippen molar-refractivity contribution >= 4 is 17.1 Å². The van der Waals surface area contributed by atoms with Crippen LogP contribution in [0.4, 0.5) is 5.82 Å². The highest BCUT2D eigenvalue weighted by atomic mass is 16.1. The molecule has 0 bridgehead atoms. The first-order chi connectivity index (χ1) is 6.27. The van der Waals surface area contributed by atoms with Gasteiger partial charge in [0.05, 0.1) is 6.20 Å². The number of aromatic nitrogens is 4. The van der Waals surface area contributed by atoms with Gasteiger partial charge in [-0.25, -0.2) is 13.6 Å². The van der Waals surface area contributed by atoms with Crippen molar-refractivity contribution in [2.45, 2.75) is 0 Å². The van der Waals surface area contributed by atoms with Crippen LogP contribution in [-0.4, -0.2) is 18.8 Å². The smallest absolute Gasteiger partial charge is 0.339 e. The molecule has 0 radical (unpaired) electrons. The molecule has 3 aromatic rings. The van der Waals surface area contributed by atoms with Gasteiger partial charge in [-0.2, -0.15) is 0 Å². The highest BCUT2D eigenvalue weighted by Gasteiger charge is 2.09. The zero-order chi connectivity index (χ0) is 9.00. The van der Waals surface area contributed by atoms with Crippen LogP contribution in [0.25, 0.3) is 11.3 Å². The molecule has 0 unspecified atom stereocenters. The first-order valence-electron chi connectivity index (χ1n) is 3.81. The van der Waals surface area contributed by atoms with E-state index in [9.17, 15) is 4.79 Å². The molecule has 6 nitrogen and oxygen atoms in total. The van der Waals surface area contributed by atoms with Crippen molar-refractivity contribution in [3.63, 3.8) is 0 Å². The molecule has 6 heteroatoms. The summed E-state index contributed by atoms with van der Waals surface area (Å²) in [5, 5.41) is 0. The van der Waals surface area contributed by atoms with Crippen LogP contribution in [0.1, 0.15) is 0 Å². The maximum Gasteiger partial charge on any atom is 0.339 e. The lowest BCUT2D eigenvalue weighted by atomic mass is 10.7. The Labute approximate surface area is 71.6 Å². The topological polar surface area (TPSA) is 83.5 Å². The van der Waals surface area contributed by atoms with Gasteiger partial charge in [0.2, 0.25) is 0 Å². The summed E-state index contributed by atoms with van der Waals surface area (Å²) in [6.45, 7) is 0. The molecule has 66 valence electrons. The van der Waals surface area contributed by atoms with Gasteiger partial charge in [-0.15, -0.1) is 0 Å². The van der Waals surface area contributed by atoms with Gasteiger partial charge in [-0.3, -0.25) is 0 Å². The third-order valence-electron chi connectivity index (χ3n) is 2.09. The molecule has 3 aromatic heterocycles. The molecule has 0 aliphatic carbocycles. The summed E-state index contributed by atoms with van der Waals surface area (Å²) in [5.41, 5.74) is 6.81. The molecule has 0 aliphatic rings. The van der Waals surface area contributed by atoms with E-state index in [1.165, 1.54) is 8.80 Å². The molecule has 0 aromatic carbocycles. The van der Waals surface area contributed by atoms with E-state index in [2.05, 4.69) is 9.97 Å². The van der Waals surface area contributed by atoms with E-state index >= 15 is 0 Å². The highest BCUT2D eigenvalue weighted by molar-refractivity contribution is 5.69. The van der Waals surface area contributed by atoms with Crippen LogP contribution in [0.3, 0.4) is 0 Å². The quantitative estimate of drug-likeness (QED) is 0.444. The molecule has 0 saturated carbocycles. The maximum absolute atomic E-state index is 11.6. The predicted octanol–water partition coefficient (Wildman–Crippen LogP) is -0.209. The van der Waals surface area contributed by atoms with Crippen LogP contribution in [0.5, 0.6) is 0 Å². The Balaban J connectivity index is 2.76. The summed E-state index contributed by atoms with van der Waals surface area (Å²) in [5.74, 6) is 0.476. The normalized spacial score (nSPS) is 11.7. The molecule has 0 aliphatic heterocycles. The second-order valence-electron chi connectivity index (χ2n) is 2.89. The van der Waals surface area contributed by atoms with Crippen LogP contribution in [-0.2, 0) is 0 Å². The Morgan fingerprint density at radius 1 is 1.31 bits per heavy atom. The summed E-state index contributed by atoms with van der Waals surface area (Å²) < 4.78 is 2.99. The number of imidazole rings is 3. The second-order valence-corrected chi connectivity index (χ2v) is 2.89. The number of hydrogen-bond acceptors (Lipinski definition) is 2. The van der Waals surface area contributed by atoms with Crippen molar-refractivity contribution in [1.29, 1.82) is 0 Å². The second kappa shape index (κ2) is 1.79. The zero-order valence-electron chi connectivity index (χ0n) is 6.61. The number of aromatic amines is 2. The van der Waals surface area contributed by atoms with Crippen molar-refractivity contribution in [2.24, 2.45) is 0 Å². The van der Waals surface area contributed by atoms with Gasteiger partial charge in [0.15, 0.2) is 11.3 Å². The Hall–Kier alpha value is -2.11. The molecule has 0 saturated heterocycles. The third kappa shape index (κ3) is 0.605. The first kappa shape index (κ1) is 6.41. The molecule has 0 fully saturated rings. The first-order valence-corrected chi connectivity index (χ1v) is 3.81. The van der Waals surface area contributed by atoms with Gasteiger partial charge >= 0.3 is 5.69 Å². The summed E-state index contributed by atoms with van der Waals surface area (Å²) >= 11 is 0. The van der Waals surface area contributed by atoms with E-state index in [-0.39, 0.29) is 5.69 Å². The van der Waals surface area contributed by atoms with Crippen molar-refractivity contribution in [2.75, 3.05) is 5.73 Å². The minimum Gasteiger partial charge on any atom is -0.384 e. The molecular formula is C7H7N5O. The van der Waals surface area contributed by atoms with Crippen LogP contribution in [0.15, 0.2) is 23.4 Å². The fraction of sp³-hybridized carbons (Fsp3) is 0.